The maximum absolute atomic E-state index is 13.6. The molecule has 33 heavy (non-hydrogen) atoms. The van der Waals surface area contributed by atoms with Gasteiger partial charge in [0.1, 0.15) is 23.1 Å². The van der Waals surface area contributed by atoms with Gasteiger partial charge in [0.25, 0.3) is 0 Å². The van der Waals surface area contributed by atoms with Crippen LogP contribution in [0.15, 0.2) is 36.4 Å². The van der Waals surface area contributed by atoms with Crippen LogP contribution >= 0.6 is 0 Å². The fraction of sp³-hybridized carbons (Fsp3) is 0.481. The van der Waals surface area contributed by atoms with E-state index in [9.17, 15) is 14.9 Å². The summed E-state index contributed by atoms with van der Waals surface area (Å²) in [6, 6.07) is 13.2. The van der Waals surface area contributed by atoms with Crippen LogP contribution < -0.4 is 5.32 Å². The number of rotatable bonds is 7. The zero-order valence-corrected chi connectivity index (χ0v) is 20.4. The average molecular weight is 448 g/mol. The Hall–Kier alpha value is -3.20. The largest absolute Gasteiger partial charge is 0.444 e. The van der Waals surface area contributed by atoms with Gasteiger partial charge in [0.2, 0.25) is 0 Å². The third-order valence-electron chi connectivity index (χ3n) is 6.00. The molecule has 2 aromatic rings. The van der Waals surface area contributed by atoms with Gasteiger partial charge in [-0.15, -0.1) is 0 Å². The average Bonchev–Trinajstić information content (AvgIpc) is 3.49. The van der Waals surface area contributed by atoms with Gasteiger partial charge < -0.3 is 4.74 Å². The molecule has 1 N–H and O–H groups in total. The summed E-state index contributed by atoms with van der Waals surface area (Å²) < 4.78 is 5.48. The van der Waals surface area contributed by atoms with Crippen LogP contribution in [-0.4, -0.2) is 22.5 Å². The zero-order chi connectivity index (χ0) is 24.4. The molecule has 1 aromatic heterocycles. The molecule has 174 valence electrons. The van der Waals surface area contributed by atoms with Crippen molar-refractivity contribution in [2.24, 2.45) is 5.41 Å². The number of benzene rings is 1. The molecule has 6 nitrogen and oxygen atoms in total. The summed E-state index contributed by atoms with van der Waals surface area (Å²) in [4.78, 5) is 30.7. The highest BCUT2D eigenvalue weighted by Crippen LogP contribution is 2.50. The van der Waals surface area contributed by atoms with E-state index in [1.54, 1.807) is 12.1 Å². The third kappa shape index (κ3) is 6.19. The van der Waals surface area contributed by atoms with Crippen LogP contribution in [0.3, 0.4) is 0 Å². The SMILES string of the molecule is CC(C)c1ccc(C(Cc2cccc(C#N)n2)C(=O)C2(C)CC2)c(NC(=O)OC(C)(C)C)c1. The highest BCUT2D eigenvalue weighted by molar-refractivity contribution is 5.96. The Morgan fingerprint density at radius 1 is 1.21 bits per heavy atom. The summed E-state index contributed by atoms with van der Waals surface area (Å²) in [5.74, 6) is -0.108. The van der Waals surface area contributed by atoms with Crippen LogP contribution in [0.2, 0.25) is 0 Å². The highest BCUT2D eigenvalue weighted by Gasteiger charge is 2.48. The molecular weight excluding hydrogens is 414 g/mol. The molecule has 1 aliphatic rings. The Morgan fingerprint density at radius 3 is 2.48 bits per heavy atom. The number of anilines is 1. The van der Waals surface area contributed by atoms with Crippen LogP contribution in [0, 0.1) is 16.7 Å². The molecule has 1 aliphatic carbocycles. The lowest BCUT2D eigenvalue weighted by Gasteiger charge is -2.25. The van der Waals surface area contributed by atoms with Crippen molar-refractivity contribution in [3.8, 4) is 6.07 Å². The smallest absolute Gasteiger partial charge is 0.412 e. The minimum Gasteiger partial charge on any atom is -0.444 e. The Balaban J connectivity index is 2.05. The van der Waals surface area contributed by atoms with Gasteiger partial charge in [-0.2, -0.15) is 5.26 Å². The number of aromatic nitrogens is 1. The predicted octanol–water partition coefficient (Wildman–Crippen LogP) is 6.12. The lowest BCUT2D eigenvalue weighted by Crippen LogP contribution is -2.29. The maximum Gasteiger partial charge on any atom is 0.412 e. The van der Waals surface area contributed by atoms with Crippen LogP contribution in [-0.2, 0) is 16.0 Å². The first-order chi connectivity index (χ1) is 15.4. The van der Waals surface area contributed by atoms with E-state index in [4.69, 9.17) is 4.74 Å². The number of ketones is 1. The third-order valence-corrected chi connectivity index (χ3v) is 6.00. The van der Waals surface area contributed by atoms with Crippen molar-refractivity contribution in [3.05, 3.63) is 58.9 Å². The Kier molecular flexibility index (Phi) is 6.92. The monoisotopic (exact) mass is 447 g/mol. The van der Waals surface area contributed by atoms with E-state index in [-0.39, 0.29) is 17.1 Å². The van der Waals surface area contributed by atoms with Gasteiger partial charge in [0.15, 0.2) is 0 Å². The normalized spacial score (nSPS) is 15.5. The molecule has 1 heterocycles. The van der Waals surface area contributed by atoms with Crippen LogP contribution in [0.4, 0.5) is 10.5 Å². The summed E-state index contributed by atoms with van der Waals surface area (Å²) in [5.41, 5.74) is 2.36. The molecule has 0 spiro atoms. The number of carbonyl (C=O) groups excluding carboxylic acids is 2. The number of Topliss-reactive ketones (excluding diaryl/α,β-unsaturated/α-hetero) is 1. The molecule has 1 saturated carbocycles. The van der Waals surface area contributed by atoms with Gasteiger partial charge in [-0.25, -0.2) is 9.78 Å². The second-order valence-electron chi connectivity index (χ2n) is 10.4. The molecule has 1 atom stereocenters. The van der Waals surface area contributed by atoms with Crippen molar-refractivity contribution in [1.29, 1.82) is 5.26 Å². The van der Waals surface area contributed by atoms with E-state index in [1.807, 2.05) is 52.0 Å². The molecule has 0 bridgehead atoms. The standard InChI is InChI=1S/C27H33N3O3/c1-17(2)18-10-11-21(23(14-18)30-25(32)33-26(3,4)5)22(24(31)27(6)12-13-27)15-19-8-7-9-20(16-28)29-19/h7-11,14,17,22H,12-13,15H2,1-6H3,(H,30,32). The van der Waals surface area contributed by atoms with E-state index in [0.717, 1.165) is 24.0 Å². The molecule has 1 fully saturated rings. The minimum absolute atomic E-state index is 0.135. The fourth-order valence-corrected chi connectivity index (χ4v) is 3.82. The zero-order valence-electron chi connectivity index (χ0n) is 20.4. The number of hydrogen-bond acceptors (Lipinski definition) is 5. The van der Waals surface area contributed by atoms with Gasteiger partial charge in [-0.05, 0) is 68.9 Å². The number of nitriles is 1. The first kappa shape index (κ1) is 24.4. The summed E-state index contributed by atoms with van der Waals surface area (Å²) >= 11 is 0. The van der Waals surface area contributed by atoms with Gasteiger partial charge in [-0.3, -0.25) is 10.1 Å². The second-order valence-corrected chi connectivity index (χ2v) is 10.4. The van der Waals surface area contributed by atoms with Gasteiger partial charge in [0.05, 0.1) is 5.92 Å². The van der Waals surface area contributed by atoms with E-state index < -0.39 is 17.6 Å². The summed E-state index contributed by atoms with van der Waals surface area (Å²) in [6.45, 7) is 11.6. The minimum atomic E-state index is -0.641. The topological polar surface area (TPSA) is 92.1 Å². The number of amides is 1. The first-order valence-corrected chi connectivity index (χ1v) is 11.5. The lowest BCUT2D eigenvalue weighted by molar-refractivity contribution is -0.125. The molecule has 1 amide bonds. The van der Waals surface area contributed by atoms with Crippen LogP contribution in [0.25, 0.3) is 0 Å². The van der Waals surface area contributed by atoms with E-state index in [0.29, 0.717) is 23.5 Å². The maximum atomic E-state index is 13.6. The quantitative estimate of drug-likeness (QED) is 0.552. The van der Waals surface area contributed by atoms with Crippen LogP contribution in [0.1, 0.15) is 88.7 Å². The number of ether oxygens (including phenoxy) is 1. The van der Waals surface area contributed by atoms with Crippen molar-refractivity contribution in [1.82, 2.24) is 4.98 Å². The Morgan fingerprint density at radius 2 is 1.91 bits per heavy atom. The fourth-order valence-electron chi connectivity index (χ4n) is 3.82. The molecular formula is C27H33N3O3. The first-order valence-electron chi connectivity index (χ1n) is 11.5. The lowest BCUT2D eigenvalue weighted by atomic mass is 9.81. The van der Waals surface area contributed by atoms with Crippen molar-refractivity contribution >= 4 is 17.6 Å². The van der Waals surface area contributed by atoms with Gasteiger partial charge >= 0.3 is 6.09 Å². The van der Waals surface area contributed by atoms with Gasteiger partial charge in [0, 0.05) is 23.2 Å². The number of nitrogens with one attached hydrogen (secondary N) is 1. The Bertz CT molecular complexity index is 1090. The number of hydrogen-bond donors (Lipinski definition) is 1. The molecule has 0 saturated heterocycles. The summed E-state index contributed by atoms with van der Waals surface area (Å²) in [7, 11) is 0. The Labute approximate surface area is 196 Å². The summed E-state index contributed by atoms with van der Waals surface area (Å²) in [5, 5.41) is 12.1. The van der Waals surface area contributed by atoms with E-state index >= 15 is 0 Å². The number of nitrogens with zero attached hydrogens (tertiary/aromatic N) is 2. The second kappa shape index (κ2) is 9.35. The van der Waals surface area contributed by atoms with E-state index in [2.05, 4.69) is 30.2 Å². The summed E-state index contributed by atoms with van der Waals surface area (Å²) in [6.07, 6.45) is 1.51. The molecule has 1 unspecified atom stereocenters. The highest BCUT2D eigenvalue weighted by atomic mass is 16.6. The predicted molar refractivity (Wildman–Crippen MR) is 128 cm³/mol. The van der Waals surface area contributed by atoms with Crippen molar-refractivity contribution < 1.29 is 14.3 Å². The molecule has 0 aliphatic heterocycles. The van der Waals surface area contributed by atoms with E-state index in [1.165, 1.54) is 0 Å². The molecule has 6 heteroatoms. The number of carbonyl (C=O) groups is 2. The molecule has 1 aromatic carbocycles. The van der Waals surface area contributed by atoms with Crippen molar-refractivity contribution in [2.75, 3.05) is 5.32 Å². The number of pyridine rings is 1. The molecule has 3 rings (SSSR count). The van der Waals surface area contributed by atoms with Gasteiger partial charge in [-0.1, -0.05) is 39.0 Å². The molecule has 0 radical (unpaired) electrons. The van der Waals surface area contributed by atoms with Crippen molar-refractivity contribution in [3.63, 3.8) is 0 Å². The van der Waals surface area contributed by atoms with Crippen molar-refractivity contribution in [2.45, 2.75) is 78.2 Å². The van der Waals surface area contributed by atoms with Crippen LogP contribution in [0.5, 0.6) is 0 Å².